The maximum atomic E-state index is 8.63. The van der Waals surface area contributed by atoms with Crippen LogP contribution in [0.1, 0.15) is 61.8 Å². The van der Waals surface area contributed by atoms with Crippen molar-refractivity contribution in [3.63, 3.8) is 0 Å². The minimum atomic E-state index is 0.641. The molecule has 1 nitrogen and oxygen atoms in total. The van der Waals surface area contributed by atoms with Crippen molar-refractivity contribution in [2.75, 3.05) is 0 Å². The van der Waals surface area contributed by atoms with Crippen molar-refractivity contribution in [1.82, 2.24) is 0 Å². The maximum absolute atomic E-state index is 8.63. The zero-order valence-corrected chi connectivity index (χ0v) is 21.2. The second kappa shape index (κ2) is 12.3. The van der Waals surface area contributed by atoms with Crippen molar-refractivity contribution in [2.45, 2.75) is 58.8 Å². The number of nitrogens with one attached hydrogen (secondary N) is 1. The third-order valence-electron chi connectivity index (χ3n) is 6.78. The fourth-order valence-corrected chi connectivity index (χ4v) is 4.47. The average Bonchev–Trinajstić information content (AvgIpc) is 2.92. The fourth-order valence-electron chi connectivity index (χ4n) is 4.47. The standard InChI is InChI=1S/C34H37N/c1-3-5-7-26-9-15-29(16-10-26)31-19-13-28(14-20-31)25-34(35)33-23-21-32(22-24-33)30-17-11-27(12-18-30)8-6-4-2/h9-24,35H,3-8,25H2,1-2H3. The van der Waals surface area contributed by atoms with Crippen molar-refractivity contribution < 1.29 is 0 Å². The third-order valence-corrected chi connectivity index (χ3v) is 6.78. The van der Waals surface area contributed by atoms with Gasteiger partial charge in [-0.15, -0.1) is 0 Å². The van der Waals surface area contributed by atoms with Gasteiger partial charge in [0.2, 0.25) is 0 Å². The molecule has 4 aromatic rings. The lowest BCUT2D eigenvalue weighted by molar-refractivity contribution is 0.795. The Kier molecular flexibility index (Phi) is 8.68. The summed E-state index contributed by atoms with van der Waals surface area (Å²) in [6.07, 6.45) is 7.90. The molecule has 35 heavy (non-hydrogen) atoms. The molecule has 0 spiro atoms. The van der Waals surface area contributed by atoms with Gasteiger partial charge in [-0.3, -0.25) is 0 Å². The third kappa shape index (κ3) is 6.79. The van der Waals surface area contributed by atoms with Gasteiger partial charge < -0.3 is 5.41 Å². The van der Waals surface area contributed by atoms with Crippen molar-refractivity contribution in [2.24, 2.45) is 0 Å². The lowest BCUT2D eigenvalue weighted by atomic mass is 9.96. The number of aryl methyl sites for hydroxylation is 2. The maximum Gasteiger partial charge on any atom is 0.0429 e. The van der Waals surface area contributed by atoms with Crippen LogP contribution in [0.4, 0.5) is 0 Å². The van der Waals surface area contributed by atoms with Gasteiger partial charge in [-0.05, 0) is 70.2 Å². The van der Waals surface area contributed by atoms with Gasteiger partial charge in [0.25, 0.3) is 0 Å². The Balaban J connectivity index is 1.36. The Morgan fingerprint density at radius 2 is 0.829 bits per heavy atom. The summed E-state index contributed by atoms with van der Waals surface area (Å²) in [4.78, 5) is 0. The highest BCUT2D eigenvalue weighted by Gasteiger charge is 2.06. The average molecular weight is 460 g/mol. The number of hydrogen-bond acceptors (Lipinski definition) is 1. The van der Waals surface area contributed by atoms with E-state index in [2.05, 4.69) is 111 Å². The molecule has 0 aliphatic carbocycles. The van der Waals surface area contributed by atoms with Gasteiger partial charge in [-0.25, -0.2) is 0 Å². The van der Waals surface area contributed by atoms with Crippen molar-refractivity contribution in [3.05, 3.63) is 119 Å². The first kappa shape index (κ1) is 24.7. The van der Waals surface area contributed by atoms with E-state index in [0.29, 0.717) is 12.1 Å². The molecular formula is C34H37N. The van der Waals surface area contributed by atoms with E-state index >= 15 is 0 Å². The van der Waals surface area contributed by atoms with Gasteiger partial charge >= 0.3 is 0 Å². The normalized spacial score (nSPS) is 10.9. The smallest absolute Gasteiger partial charge is 0.0429 e. The summed E-state index contributed by atoms with van der Waals surface area (Å²) in [5.74, 6) is 0. The molecule has 4 rings (SSSR count). The summed E-state index contributed by atoms with van der Waals surface area (Å²) in [5.41, 5.74) is 10.5. The van der Waals surface area contributed by atoms with Crippen LogP contribution in [0, 0.1) is 5.41 Å². The molecule has 0 atom stereocenters. The van der Waals surface area contributed by atoms with Gasteiger partial charge in [-0.1, -0.05) is 124 Å². The molecule has 0 bridgehead atoms. The SMILES string of the molecule is CCCCc1ccc(-c2ccc(CC(=N)c3ccc(-c4ccc(CCCC)cc4)cc3)cc2)cc1. The van der Waals surface area contributed by atoms with Crippen LogP contribution in [-0.4, -0.2) is 5.71 Å². The van der Waals surface area contributed by atoms with Crippen LogP contribution in [0.5, 0.6) is 0 Å². The van der Waals surface area contributed by atoms with Crippen LogP contribution < -0.4 is 0 Å². The summed E-state index contributed by atoms with van der Waals surface area (Å²) >= 11 is 0. The van der Waals surface area contributed by atoms with E-state index in [1.54, 1.807) is 0 Å². The summed E-state index contributed by atoms with van der Waals surface area (Å²) in [6, 6.07) is 35.0. The first-order chi connectivity index (χ1) is 17.2. The molecule has 0 aromatic heterocycles. The summed E-state index contributed by atoms with van der Waals surface area (Å²) in [7, 11) is 0. The van der Waals surface area contributed by atoms with Crippen molar-refractivity contribution >= 4 is 5.71 Å². The Morgan fingerprint density at radius 3 is 1.20 bits per heavy atom. The summed E-state index contributed by atoms with van der Waals surface area (Å²) < 4.78 is 0. The largest absolute Gasteiger partial charge is 0.304 e. The molecule has 0 saturated carbocycles. The molecule has 1 N–H and O–H groups in total. The molecule has 0 aliphatic rings. The predicted molar refractivity (Wildman–Crippen MR) is 152 cm³/mol. The van der Waals surface area contributed by atoms with E-state index in [0.717, 1.165) is 18.4 Å². The Bertz CT molecular complexity index is 1200. The Hall–Kier alpha value is -3.45. The number of rotatable bonds is 11. The van der Waals surface area contributed by atoms with Gasteiger partial charge in [0, 0.05) is 12.1 Å². The van der Waals surface area contributed by atoms with E-state index in [1.807, 2.05) is 0 Å². The van der Waals surface area contributed by atoms with Gasteiger partial charge in [-0.2, -0.15) is 0 Å². The Labute approximate surface area is 211 Å². The van der Waals surface area contributed by atoms with Crippen LogP contribution >= 0.6 is 0 Å². The first-order valence-corrected chi connectivity index (χ1v) is 13.1. The molecule has 4 aromatic carbocycles. The molecule has 0 aliphatic heterocycles. The second-order valence-corrected chi connectivity index (χ2v) is 9.53. The zero-order chi connectivity index (χ0) is 24.5. The monoisotopic (exact) mass is 459 g/mol. The molecular weight excluding hydrogens is 422 g/mol. The van der Waals surface area contributed by atoms with E-state index in [-0.39, 0.29) is 0 Å². The van der Waals surface area contributed by atoms with Crippen molar-refractivity contribution in [1.29, 1.82) is 5.41 Å². The van der Waals surface area contributed by atoms with Crippen molar-refractivity contribution in [3.8, 4) is 22.3 Å². The highest BCUT2D eigenvalue weighted by Crippen LogP contribution is 2.23. The minimum absolute atomic E-state index is 0.641. The van der Waals surface area contributed by atoms with Gasteiger partial charge in [0.1, 0.15) is 0 Å². The van der Waals surface area contributed by atoms with Crippen LogP contribution in [-0.2, 0) is 19.3 Å². The topological polar surface area (TPSA) is 23.9 Å². The predicted octanol–water partition coefficient (Wildman–Crippen LogP) is 9.32. The number of hydrogen-bond donors (Lipinski definition) is 1. The van der Waals surface area contributed by atoms with E-state index in [9.17, 15) is 0 Å². The first-order valence-electron chi connectivity index (χ1n) is 13.1. The molecule has 0 unspecified atom stereocenters. The summed E-state index contributed by atoms with van der Waals surface area (Å²) in [6.45, 7) is 4.47. The lowest BCUT2D eigenvalue weighted by Gasteiger charge is -2.09. The molecule has 1 heteroatoms. The Morgan fingerprint density at radius 1 is 0.486 bits per heavy atom. The fraction of sp³-hybridized carbons (Fsp3) is 0.265. The molecule has 0 radical (unpaired) electrons. The van der Waals surface area contributed by atoms with Crippen LogP contribution in [0.2, 0.25) is 0 Å². The molecule has 0 saturated heterocycles. The number of benzene rings is 4. The molecule has 0 amide bonds. The van der Waals surface area contributed by atoms with E-state index < -0.39 is 0 Å². The zero-order valence-electron chi connectivity index (χ0n) is 21.2. The molecule has 0 heterocycles. The quantitative estimate of drug-likeness (QED) is 0.216. The minimum Gasteiger partial charge on any atom is -0.304 e. The van der Waals surface area contributed by atoms with Crippen LogP contribution in [0.15, 0.2) is 97.1 Å². The van der Waals surface area contributed by atoms with Gasteiger partial charge in [0.05, 0.1) is 0 Å². The second-order valence-electron chi connectivity index (χ2n) is 9.53. The van der Waals surface area contributed by atoms with Crippen LogP contribution in [0.3, 0.4) is 0 Å². The lowest BCUT2D eigenvalue weighted by Crippen LogP contribution is -2.03. The highest BCUT2D eigenvalue weighted by molar-refractivity contribution is 6.00. The highest BCUT2D eigenvalue weighted by atomic mass is 14.4. The van der Waals surface area contributed by atoms with Crippen LogP contribution in [0.25, 0.3) is 22.3 Å². The van der Waals surface area contributed by atoms with Gasteiger partial charge in [0.15, 0.2) is 0 Å². The van der Waals surface area contributed by atoms with E-state index in [1.165, 1.54) is 64.6 Å². The molecule has 178 valence electrons. The molecule has 0 fully saturated rings. The van der Waals surface area contributed by atoms with E-state index in [4.69, 9.17) is 5.41 Å². The number of unbranched alkanes of at least 4 members (excludes halogenated alkanes) is 2. The summed E-state index contributed by atoms with van der Waals surface area (Å²) in [5, 5.41) is 8.63.